The molecule has 156 valence electrons. The van der Waals surface area contributed by atoms with Gasteiger partial charge in [-0.1, -0.05) is 12.1 Å². The number of hydrogen-bond donors (Lipinski definition) is 1. The van der Waals surface area contributed by atoms with Crippen LogP contribution in [-0.4, -0.2) is 37.8 Å². The van der Waals surface area contributed by atoms with Gasteiger partial charge < -0.3 is 10.2 Å². The smallest absolute Gasteiger partial charge is 0.355 e. The van der Waals surface area contributed by atoms with Crippen LogP contribution >= 0.6 is 0 Å². The Hall–Kier alpha value is -2.55. The van der Waals surface area contributed by atoms with Gasteiger partial charge in [-0.25, -0.2) is 8.42 Å². The zero-order valence-electron chi connectivity index (χ0n) is 15.8. The standard InChI is InChI=1S/C20H21F3N2O3S/c1-29(27,28)12-10-19(26)25-11-9-17-14(13-25)3-2-4-18(17)24-16-7-5-15(6-8-16)20(21,22)23/h2-8,24H,9-13H2,1H3. The first-order valence-corrected chi connectivity index (χ1v) is 11.1. The Morgan fingerprint density at radius 2 is 1.83 bits per heavy atom. The van der Waals surface area contributed by atoms with Crippen molar-refractivity contribution in [2.45, 2.75) is 25.6 Å². The van der Waals surface area contributed by atoms with Crippen molar-refractivity contribution in [3.05, 3.63) is 59.2 Å². The number of halogens is 3. The maximum atomic E-state index is 12.7. The van der Waals surface area contributed by atoms with Crippen molar-refractivity contribution in [1.82, 2.24) is 4.90 Å². The number of alkyl halides is 3. The summed E-state index contributed by atoms with van der Waals surface area (Å²) in [7, 11) is -3.20. The van der Waals surface area contributed by atoms with Crippen molar-refractivity contribution >= 4 is 27.1 Å². The fourth-order valence-electron chi connectivity index (χ4n) is 3.27. The van der Waals surface area contributed by atoms with Crippen molar-refractivity contribution < 1.29 is 26.4 Å². The second kappa shape index (κ2) is 8.06. The lowest BCUT2D eigenvalue weighted by Gasteiger charge is -2.30. The molecule has 0 aromatic heterocycles. The molecule has 0 bridgehead atoms. The highest BCUT2D eigenvalue weighted by atomic mass is 32.2. The topological polar surface area (TPSA) is 66.5 Å². The molecule has 2 aromatic carbocycles. The van der Waals surface area contributed by atoms with E-state index in [1.807, 2.05) is 18.2 Å². The molecule has 0 atom stereocenters. The van der Waals surface area contributed by atoms with Crippen LogP contribution < -0.4 is 5.32 Å². The zero-order valence-corrected chi connectivity index (χ0v) is 16.6. The molecule has 0 radical (unpaired) electrons. The van der Waals surface area contributed by atoms with Crippen LogP contribution in [0.15, 0.2) is 42.5 Å². The number of carbonyl (C=O) groups excluding carboxylic acids is 1. The first kappa shape index (κ1) is 21.2. The predicted octanol–water partition coefficient (Wildman–Crippen LogP) is 3.77. The summed E-state index contributed by atoms with van der Waals surface area (Å²) in [5.41, 5.74) is 2.55. The van der Waals surface area contributed by atoms with Gasteiger partial charge in [0.1, 0.15) is 9.84 Å². The van der Waals surface area contributed by atoms with E-state index >= 15 is 0 Å². The van der Waals surface area contributed by atoms with Gasteiger partial charge in [-0.05, 0) is 47.9 Å². The molecule has 0 spiro atoms. The second-order valence-electron chi connectivity index (χ2n) is 7.09. The molecule has 1 N–H and O–H groups in total. The molecular formula is C20H21F3N2O3S. The number of sulfone groups is 1. The minimum atomic E-state index is -4.38. The van der Waals surface area contributed by atoms with Crippen LogP contribution in [-0.2, 0) is 33.8 Å². The van der Waals surface area contributed by atoms with Gasteiger partial charge in [0.05, 0.1) is 11.3 Å². The Balaban J connectivity index is 1.71. The van der Waals surface area contributed by atoms with Gasteiger partial charge in [-0.3, -0.25) is 4.79 Å². The van der Waals surface area contributed by atoms with Crippen molar-refractivity contribution in [3.63, 3.8) is 0 Å². The summed E-state index contributed by atoms with van der Waals surface area (Å²) in [6, 6.07) is 10.4. The maximum Gasteiger partial charge on any atom is 0.416 e. The van der Waals surface area contributed by atoms with Crippen molar-refractivity contribution in [1.29, 1.82) is 0 Å². The Morgan fingerprint density at radius 1 is 1.14 bits per heavy atom. The van der Waals surface area contributed by atoms with Crippen molar-refractivity contribution in [3.8, 4) is 0 Å². The van der Waals surface area contributed by atoms with Crippen molar-refractivity contribution in [2.75, 3.05) is 23.9 Å². The lowest BCUT2D eigenvalue weighted by Crippen LogP contribution is -2.36. The lowest BCUT2D eigenvalue weighted by atomic mass is 9.97. The largest absolute Gasteiger partial charge is 0.416 e. The maximum absolute atomic E-state index is 12.7. The lowest BCUT2D eigenvalue weighted by molar-refractivity contribution is -0.137. The van der Waals surface area contributed by atoms with Gasteiger partial charge in [0.15, 0.2) is 0 Å². The van der Waals surface area contributed by atoms with E-state index < -0.39 is 21.6 Å². The second-order valence-corrected chi connectivity index (χ2v) is 9.35. The van der Waals surface area contributed by atoms with Crippen LogP contribution in [0.3, 0.4) is 0 Å². The summed E-state index contributed by atoms with van der Waals surface area (Å²) in [5, 5.41) is 3.15. The number of rotatable bonds is 5. The molecule has 0 saturated carbocycles. The van der Waals surface area contributed by atoms with Gasteiger partial charge in [-0.15, -0.1) is 0 Å². The number of amides is 1. The van der Waals surface area contributed by atoms with Gasteiger partial charge in [0.25, 0.3) is 0 Å². The third-order valence-electron chi connectivity index (χ3n) is 4.80. The summed E-state index contributed by atoms with van der Waals surface area (Å²) < 4.78 is 60.7. The Bertz CT molecular complexity index is 1000. The highest BCUT2D eigenvalue weighted by Crippen LogP contribution is 2.32. The minimum Gasteiger partial charge on any atom is -0.355 e. The van der Waals surface area contributed by atoms with Gasteiger partial charge >= 0.3 is 6.18 Å². The number of benzene rings is 2. The highest BCUT2D eigenvalue weighted by molar-refractivity contribution is 7.90. The first-order valence-electron chi connectivity index (χ1n) is 9.03. The molecule has 0 saturated heterocycles. The molecule has 0 aliphatic carbocycles. The van der Waals surface area contributed by atoms with E-state index in [0.717, 1.165) is 35.2 Å². The molecule has 3 rings (SSSR count). The molecule has 5 nitrogen and oxygen atoms in total. The van der Waals surface area contributed by atoms with Crippen LogP contribution in [0.2, 0.25) is 0 Å². The molecule has 1 aliphatic rings. The summed E-state index contributed by atoms with van der Waals surface area (Å²) in [4.78, 5) is 13.9. The van der Waals surface area contributed by atoms with E-state index in [2.05, 4.69) is 5.32 Å². The van der Waals surface area contributed by atoms with E-state index in [1.54, 1.807) is 4.90 Å². The summed E-state index contributed by atoms with van der Waals surface area (Å²) in [5.74, 6) is -0.382. The molecular weight excluding hydrogens is 405 g/mol. The molecule has 1 amide bonds. The average Bonchev–Trinajstić information content (AvgIpc) is 2.65. The molecule has 2 aromatic rings. The molecule has 29 heavy (non-hydrogen) atoms. The van der Waals surface area contributed by atoms with Crippen LogP contribution in [0, 0.1) is 0 Å². The quantitative estimate of drug-likeness (QED) is 0.791. The summed E-state index contributed by atoms with van der Waals surface area (Å²) >= 11 is 0. The third kappa shape index (κ3) is 5.50. The number of fused-ring (bicyclic) bond motifs is 1. The van der Waals surface area contributed by atoms with Crippen LogP contribution in [0.25, 0.3) is 0 Å². The molecule has 9 heteroatoms. The summed E-state index contributed by atoms with van der Waals surface area (Å²) in [6.07, 6.45) is -2.75. The van der Waals surface area contributed by atoms with Gasteiger partial charge in [-0.2, -0.15) is 13.2 Å². The van der Waals surface area contributed by atoms with E-state index in [1.165, 1.54) is 12.1 Å². The van der Waals surface area contributed by atoms with E-state index in [0.29, 0.717) is 25.2 Å². The number of hydrogen-bond acceptors (Lipinski definition) is 4. The monoisotopic (exact) mass is 426 g/mol. The fourth-order valence-corrected chi connectivity index (χ4v) is 3.81. The number of carbonyl (C=O) groups is 1. The van der Waals surface area contributed by atoms with Gasteiger partial charge in [0, 0.05) is 37.1 Å². The van der Waals surface area contributed by atoms with E-state index in [9.17, 15) is 26.4 Å². The number of anilines is 2. The number of nitrogens with zero attached hydrogens (tertiary/aromatic N) is 1. The van der Waals surface area contributed by atoms with E-state index in [4.69, 9.17) is 0 Å². The molecule has 0 unspecified atom stereocenters. The molecule has 1 heterocycles. The third-order valence-corrected chi connectivity index (χ3v) is 5.74. The normalized spacial score (nSPS) is 14.4. The average molecular weight is 426 g/mol. The Kier molecular flexibility index (Phi) is 5.88. The van der Waals surface area contributed by atoms with Crippen molar-refractivity contribution in [2.24, 2.45) is 0 Å². The fraction of sp³-hybridized carbons (Fsp3) is 0.350. The minimum absolute atomic E-state index is 0.0440. The van der Waals surface area contributed by atoms with Crippen LogP contribution in [0.4, 0.5) is 24.5 Å². The zero-order chi connectivity index (χ0) is 21.2. The first-order chi connectivity index (χ1) is 13.5. The number of nitrogens with one attached hydrogen (secondary N) is 1. The highest BCUT2D eigenvalue weighted by Gasteiger charge is 2.30. The van der Waals surface area contributed by atoms with Gasteiger partial charge in [0.2, 0.25) is 5.91 Å². The SMILES string of the molecule is CS(=O)(=O)CCC(=O)N1CCc2c(cccc2Nc2ccc(C(F)(F)F)cc2)C1. The van der Waals surface area contributed by atoms with Crippen LogP contribution in [0.5, 0.6) is 0 Å². The molecule has 0 fully saturated rings. The molecule has 1 aliphatic heterocycles. The van der Waals surface area contributed by atoms with Crippen LogP contribution in [0.1, 0.15) is 23.1 Å². The van der Waals surface area contributed by atoms with E-state index in [-0.39, 0.29) is 18.1 Å². The predicted molar refractivity (Wildman–Crippen MR) is 105 cm³/mol. The summed E-state index contributed by atoms with van der Waals surface area (Å²) in [6.45, 7) is 0.835. The Labute approximate surface area is 167 Å². The Morgan fingerprint density at radius 3 is 2.45 bits per heavy atom.